The number of carbonyl (C=O) groups excluding carboxylic acids is 1. The van der Waals surface area contributed by atoms with Gasteiger partial charge in [0.25, 0.3) is 10.7 Å². The van der Waals surface area contributed by atoms with E-state index < -0.39 is 53.9 Å². The predicted octanol–water partition coefficient (Wildman–Crippen LogP) is 4.99. The highest BCUT2D eigenvalue weighted by Gasteiger charge is 2.62. The van der Waals surface area contributed by atoms with Gasteiger partial charge in [-0.2, -0.15) is 13.2 Å². The van der Waals surface area contributed by atoms with E-state index in [0.29, 0.717) is 6.08 Å². The van der Waals surface area contributed by atoms with Crippen molar-refractivity contribution >= 4 is 12.2 Å². The van der Waals surface area contributed by atoms with Gasteiger partial charge in [-0.05, 0) is 44.0 Å². The Morgan fingerprint density at radius 2 is 1.82 bits per heavy atom. The molecule has 0 saturated carbocycles. The third-order valence-corrected chi connectivity index (χ3v) is 4.60. The highest BCUT2D eigenvalue weighted by atomic mass is 19.4. The maximum atomic E-state index is 14.1. The molecule has 0 bridgehead atoms. The van der Waals surface area contributed by atoms with Crippen molar-refractivity contribution in [3.63, 3.8) is 0 Å². The number of alkyl halides is 6. The lowest BCUT2D eigenvalue weighted by atomic mass is 9.91. The molecule has 15 heteroatoms. The Labute approximate surface area is 188 Å². The number of ether oxygens (including phenoxy) is 4. The number of hydrogen-bond donors (Lipinski definition) is 0. The smallest absolute Gasteiger partial charge is 0.469 e. The summed E-state index contributed by atoms with van der Waals surface area (Å²) in [5.41, 5.74) is -3.34. The van der Waals surface area contributed by atoms with Crippen LogP contribution >= 0.6 is 0 Å². The van der Waals surface area contributed by atoms with E-state index in [9.17, 15) is 41.3 Å². The van der Waals surface area contributed by atoms with E-state index in [0.717, 1.165) is 25.1 Å². The quantitative estimate of drug-likeness (QED) is 0.211. The first-order valence-electron chi connectivity index (χ1n) is 9.60. The van der Waals surface area contributed by atoms with E-state index in [1.165, 1.54) is 13.8 Å². The van der Waals surface area contributed by atoms with E-state index >= 15 is 0 Å². The second-order valence-electron chi connectivity index (χ2n) is 7.09. The van der Waals surface area contributed by atoms with Crippen LogP contribution in [0.1, 0.15) is 31.9 Å². The zero-order valence-corrected chi connectivity index (χ0v) is 17.9. The number of carbonyl (C=O) groups is 1. The van der Waals surface area contributed by atoms with E-state index in [2.05, 4.69) is 14.3 Å². The lowest BCUT2D eigenvalue weighted by Gasteiger charge is -2.40. The fraction of sp³-hybridized carbons (Fsp3) is 0.526. The van der Waals surface area contributed by atoms with E-state index in [-0.39, 0.29) is 23.3 Å². The molecule has 0 amide bonds. The molecule has 1 aliphatic rings. The fourth-order valence-corrected chi connectivity index (χ4v) is 3.03. The van der Waals surface area contributed by atoms with Gasteiger partial charge in [-0.15, -0.1) is 23.3 Å². The second kappa shape index (κ2) is 9.85. The van der Waals surface area contributed by atoms with Gasteiger partial charge < -0.3 is 23.8 Å². The van der Waals surface area contributed by atoms with Crippen molar-refractivity contribution in [2.75, 3.05) is 6.61 Å². The highest BCUT2D eigenvalue weighted by Crippen LogP contribution is 2.46. The lowest BCUT2D eigenvalue weighted by molar-refractivity contribution is -0.759. The highest BCUT2D eigenvalue weighted by molar-refractivity contribution is 5.67. The molecule has 2 unspecified atom stereocenters. The summed E-state index contributed by atoms with van der Waals surface area (Å²) in [5, 5.41) is 9.02. The molecule has 0 aromatic heterocycles. The van der Waals surface area contributed by atoms with Crippen molar-refractivity contribution < 1.29 is 60.0 Å². The van der Waals surface area contributed by atoms with Gasteiger partial charge in [0.15, 0.2) is 6.10 Å². The van der Waals surface area contributed by atoms with Crippen molar-refractivity contribution in [1.82, 2.24) is 0 Å². The summed E-state index contributed by atoms with van der Waals surface area (Å²) in [4.78, 5) is 26.1. The standard InChI is InChI=1S/C19H19F6NO8/c1-4-12-7-14(33-19(23,24)25)8-13-5-6-17(18(20,21)22,34-15(12)13)11(3)32-16(27)31-10(2)9-30-26(28)29/h5-8,10-11H,4,9H2,1-3H3/t10?,11?,17-/m0/s1. The van der Waals surface area contributed by atoms with Gasteiger partial charge in [0.05, 0.1) is 0 Å². The average Bonchev–Trinajstić information content (AvgIpc) is 2.68. The molecule has 3 atom stereocenters. The minimum Gasteiger partial charge on any atom is -0.469 e. The number of halogens is 6. The van der Waals surface area contributed by atoms with E-state index in [4.69, 9.17) is 9.47 Å². The third kappa shape index (κ3) is 6.35. The Balaban J connectivity index is 2.31. The molecule has 1 aromatic rings. The predicted molar refractivity (Wildman–Crippen MR) is 100 cm³/mol. The van der Waals surface area contributed by atoms with Crippen LogP contribution in [0.2, 0.25) is 0 Å². The van der Waals surface area contributed by atoms with Gasteiger partial charge in [0.2, 0.25) is 0 Å². The van der Waals surface area contributed by atoms with Crippen molar-refractivity contribution in [2.45, 2.75) is 57.5 Å². The second-order valence-corrected chi connectivity index (χ2v) is 7.09. The van der Waals surface area contributed by atoms with Crippen LogP contribution in [0.4, 0.5) is 31.1 Å². The van der Waals surface area contributed by atoms with Gasteiger partial charge in [-0.25, -0.2) is 4.79 Å². The first-order valence-corrected chi connectivity index (χ1v) is 9.60. The molecule has 1 aromatic carbocycles. The zero-order chi connectivity index (χ0) is 25.9. The minimum absolute atomic E-state index is 0.00952. The van der Waals surface area contributed by atoms with Crippen LogP contribution in [-0.4, -0.2) is 48.2 Å². The summed E-state index contributed by atoms with van der Waals surface area (Å²) in [5.74, 6) is -1.01. The van der Waals surface area contributed by atoms with Crippen LogP contribution in [0, 0.1) is 10.1 Å². The summed E-state index contributed by atoms with van der Waals surface area (Å²) in [6.45, 7) is 2.84. The Bertz CT molecular complexity index is 948. The normalized spacial score (nSPS) is 19.3. The number of rotatable bonds is 8. The van der Waals surface area contributed by atoms with Crippen LogP contribution in [-0.2, 0) is 20.7 Å². The van der Waals surface area contributed by atoms with E-state index in [1.54, 1.807) is 0 Å². The number of benzene rings is 1. The van der Waals surface area contributed by atoms with Gasteiger partial charge in [0, 0.05) is 5.56 Å². The average molecular weight is 503 g/mol. The molecule has 9 nitrogen and oxygen atoms in total. The van der Waals surface area contributed by atoms with Gasteiger partial charge >= 0.3 is 18.7 Å². The summed E-state index contributed by atoms with van der Waals surface area (Å²) in [6, 6.07) is 1.75. The number of hydrogen-bond acceptors (Lipinski definition) is 8. The maximum absolute atomic E-state index is 14.1. The molecule has 1 heterocycles. The van der Waals surface area contributed by atoms with E-state index in [1.807, 2.05) is 0 Å². The first kappa shape index (κ1) is 26.9. The molecule has 190 valence electrons. The Hall–Kier alpha value is -3.39. The van der Waals surface area contributed by atoms with Gasteiger partial charge in [-0.1, -0.05) is 13.0 Å². The zero-order valence-electron chi connectivity index (χ0n) is 17.9. The van der Waals surface area contributed by atoms with Crippen molar-refractivity contribution in [3.05, 3.63) is 39.4 Å². The number of aryl methyl sites for hydroxylation is 1. The third-order valence-electron chi connectivity index (χ3n) is 4.60. The molecule has 0 N–H and O–H groups in total. The molecule has 0 fully saturated rings. The summed E-state index contributed by atoms with van der Waals surface area (Å²) in [7, 11) is 0. The minimum atomic E-state index is -5.15. The molecular weight excluding hydrogens is 484 g/mol. The van der Waals surface area contributed by atoms with Crippen LogP contribution in [0.25, 0.3) is 6.08 Å². The monoisotopic (exact) mass is 503 g/mol. The SMILES string of the molecule is CCc1cc(OC(F)(F)F)cc2c1O[C@@](C(C)OC(=O)OC(C)CO[N+](=O)[O-])(C(F)(F)F)C=C2. The summed E-state index contributed by atoms with van der Waals surface area (Å²) in [6.07, 6.45) is -13.6. The topological polar surface area (TPSA) is 106 Å². The van der Waals surface area contributed by atoms with Crippen molar-refractivity contribution in [2.24, 2.45) is 0 Å². The molecule has 1 aliphatic heterocycles. The molecule has 0 spiro atoms. The number of fused-ring (bicyclic) bond motifs is 1. The van der Waals surface area contributed by atoms with Crippen LogP contribution in [0.15, 0.2) is 18.2 Å². The maximum Gasteiger partial charge on any atom is 0.573 e. The van der Waals surface area contributed by atoms with Crippen molar-refractivity contribution in [3.8, 4) is 11.5 Å². The molecular formula is C19H19F6NO8. The molecule has 0 saturated heterocycles. The van der Waals surface area contributed by atoms with Crippen LogP contribution < -0.4 is 9.47 Å². The summed E-state index contributed by atoms with van der Waals surface area (Å²) >= 11 is 0. The van der Waals surface area contributed by atoms with Gasteiger partial charge in [-0.3, -0.25) is 0 Å². The largest absolute Gasteiger partial charge is 0.573 e. The van der Waals surface area contributed by atoms with Gasteiger partial charge in [0.1, 0.15) is 24.2 Å². The van der Waals surface area contributed by atoms with Crippen LogP contribution in [0.5, 0.6) is 11.5 Å². The van der Waals surface area contributed by atoms with Crippen LogP contribution in [0.3, 0.4) is 0 Å². The fourth-order valence-electron chi connectivity index (χ4n) is 3.03. The lowest BCUT2D eigenvalue weighted by Crippen LogP contribution is -2.58. The number of nitrogens with zero attached hydrogens (tertiary/aromatic N) is 1. The Morgan fingerprint density at radius 3 is 2.35 bits per heavy atom. The van der Waals surface area contributed by atoms with Crippen molar-refractivity contribution in [1.29, 1.82) is 0 Å². The molecule has 34 heavy (non-hydrogen) atoms. The molecule has 0 radical (unpaired) electrons. The molecule has 0 aliphatic carbocycles. The molecule has 2 rings (SSSR count). The first-order chi connectivity index (χ1) is 15.6. The summed E-state index contributed by atoms with van der Waals surface area (Å²) < 4.78 is 98.5. The Kier molecular flexibility index (Phi) is 7.78. The Morgan fingerprint density at radius 1 is 1.18 bits per heavy atom.